The molecule has 5 heteroatoms. The largest absolute Gasteiger partial charge is 0.363 e. The Hall–Kier alpha value is -1.36. The van der Waals surface area contributed by atoms with E-state index >= 15 is 0 Å². The molecule has 0 amide bonds. The van der Waals surface area contributed by atoms with Crippen molar-refractivity contribution in [2.24, 2.45) is 5.73 Å². The smallest absolute Gasteiger partial charge is 0.293 e. The molecule has 0 spiro atoms. The van der Waals surface area contributed by atoms with Crippen molar-refractivity contribution >= 4 is 5.82 Å². The molecule has 0 bridgehead atoms. The Balaban J connectivity index is 2.06. The number of aromatic nitrogens is 2. The predicted octanol–water partition coefficient (Wildman–Crippen LogP) is 0.945. The molecule has 0 unspecified atom stereocenters. The van der Waals surface area contributed by atoms with Gasteiger partial charge in [-0.25, -0.2) is 4.98 Å². The minimum absolute atomic E-state index is 0.0372. The van der Waals surface area contributed by atoms with Crippen LogP contribution in [0.25, 0.3) is 0 Å². The van der Waals surface area contributed by atoms with E-state index in [1.54, 1.807) is 17.0 Å². The van der Waals surface area contributed by atoms with Crippen molar-refractivity contribution < 1.29 is 0 Å². The topological polar surface area (TPSA) is 72.9 Å². The predicted molar refractivity (Wildman–Crippen MR) is 68.0 cm³/mol. The molecule has 0 atom stereocenters. The van der Waals surface area contributed by atoms with Gasteiger partial charge >= 0.3 is 0 Å². The maximum Gasteiger partial charge on any atom is 0.293 e. The van der Waals surface area contributed by atoms with Gasteiger partial charge in [0.15, 0.2) is 5.82 Å². The minimum atomic E-state index is -0.0372. The Labute approximate surface area is 101 Å². The van der Waals surface area contributed by atoms with Crippen molar-refractivity contribution in [2.45, 2.75) is 51.2 Å². The van der Waals surface area contributed by atoms with E-state index in [2.05, 4.69) is 10.3 Å². The van der Waals surface area contributed by atoms with Gasteiger partial charge < -0.3 is 15.6 Å². The fraction of sp³-hybridized carbons (Fsp3) is 0.667. The average Bonchev–Trinajstić information content (AvgIpc) is 2.35. The Bertz CT molecular complexity index is 421. The Morgan fingerprint density at radius 2 is 2.18 bits per heavy atom. The third-order valence-corrected chi connectivity index (χ3v) is 3.37. The van der Waals surface area contributed by atoms with E-state index < -0.39 is 0 Å². The first-order chi connectivity index (χ1) is 8.20. The van der Waals surface area contributed by atoms with Crippen molar-refractivity contribution in [3.05, 3.63) is 22.7 Å². The molecule has 17 heavy (non-hydrogen) atoms. The Morgan fingerprint density at radius 1 is 1.47 bits per heavy atom. The van der Waals surface area contributed by atoms with E-state index in [1.807, 2.05) is 6.92 Å². The number of nitrogens with one attached hydrogen (secondary N) is 1. The van der Waals surface area contributed by atoms with Gasteiger partial charge in [-0.15, -0.1) is 0 Å². The molecule has 1 aliphatic rings. The van der Waals surface area contributed by atoms with Crippen LogP contribution in [0.15, 0.2) is 17.2 Å². The molecular formula is C12H20N4O. The number of anilines is 1. The van der Waals surface area contributed by atoms with Crippen LogP contribution in [0.4, 0.5) is 5.82 Å². The van der Waals surface area contributed by atoms with Crippen LogP contribution in [0.3, 0.4) is 0 Å². The number of aryl methyl sites for hydroxylation is 1. The van der Waals surface area contributed by atoms with Crippen LogP contribution in [-0.4, -0.2) is 21.6 Å². The first-order valence-corrected chi connectivity index (χ1v) is 6.28. The summed E-state index contributed by atoms with van der Waals surface area (Å²) in [6.07, 6.45) is 7.46. The average molecular weight is 236 g/mol. The zero-order chi connectivity index (χ0) is 12.3. The molecule has 0 radical (unpaired) electrons. The summed E-state index contributed by atoms with van der Waals surface area (Å²) in [4.78, 5) is 16.1. The van der Waals surface area contributed by atoms with Crippen molar-refractivity contribution in [3.8, 4) is 0 Å². The van der Waals surface area contributed by atoms with E-state index in [-0.39, 0.29) is 5.56 Å². The fourth-order valence-corrected chi connectivity index (χ4v) is 2.25. The van der Waals surface area contributed by atoms with E-state index in [1.165, 1.54) is 0 Å². The molecule has 0 aliphatic heterocycles. The fourth-order valence-electron chi connectivity index (χ4n) is 2.25. The van der Waals surface area contributed by atoms with Gasteiger partial charge in [-0.2, -0.15) is 0 Å². The molecule has 0 saturated heterocycles. The van der Waals surface area contributed by atoms with Crippen molar-refractivity contribution in [1.82, 2.24) is 9.55 Å². The second kappa shape index (κ2) is 5.31. The number of hydrogen-bond donors (Lipinski definition) is 2. The van der Waals surface area contributed by atoms with Gasteiger partial charge in [0, 0.05) is 31.0 Å². The van der Waals surface area contributed by atoms with Gasteiger partial charge in [-0.05, 0) is 32.6 Å². The highest BCUT2D eigenvalue weighted by molar-refractivity contribution is 5.32. The third-order valence-electron chi connectivity index (χ3n) is 3.37. The Kier molecular flexibility index (Phi) is 3.78. The highest BCUT2D eigenvalue weighted by Crippen LogP contribution is 2.19. The van der Waals surface area contributed by atoms with Crippen LogP contribution in [0.2, 0.25) is 0 Å². The summed E-state index contributed by atoms with van der Waals surface area (Å²) >= 11 is 0. The van der Waals surface area contributed by atoms with Gasteiger partial charge in [0.05, 0.1) is 0 Å². The van der Waals surface area contributed by atoms with Gasteiger partial charge in [-0.3, -0.25) is 4.79 Å². The second-order valence-corrected chi connectivity index (χ2v) is 4.62. The first kappa shape index (κ1) is 12.1. The lowest BCUT2D eigenvalue weighted by Crippen LogP contribution is -2.35. The number of nitrogens with zero attached hydrogens (tertiary/aromatic N) is 2. The molecule has 1 aromatic rings. The lowest BCUT2D eigenvalue weighted by molar-refractivity contribution is 0.410. The number of hydrogen-bond acceptors (Lipinski definition) is 4. The summed E-state index contributed by atoms with van der Waals surface area (Å²) < 4.78 is 1.66. The van der Waals surface area contributed by atoms with Gasteiger partial charge in [0.1, 0.15) is 0 Å². The molecule has 0 aromatic carbocycles. The van der Waals surface area contributed by atoms with Gasteiger partial charge in [-0.1, -0.05) is 0 Å². The van der Waals surface area contributed by atoms with E-state index in [9.17, 15) is 4.79 Å². The van der Waals surface area contributed by atoms with Crippen molar-refractivity contribution in [3.63, 3.8) is 0 Å². The number of nitrogens with two attached hydrogens (primary N) is 1. The summed E-state index contributed by atoms with van der Waals surface area (Å²) in [6, 6.07) is 0.659. The molecule has 2 rings (SSSR count). The third kappa shape index (κ3) is 2.85. The molecule has 3 N–H and O–H groups in total. The lowest BCUT2D eigenvalue weighted by atomic mass is 9.92. The molecule has 1 saturated carbocycles. The van der Waals surface area contributed by atoms with Gasteiger partial charge in [0.25, 0.3) is 5.56 Å². The van der Waals surface area contributed by atoms with Crippen LogP contribution < -0.4 is 16.6 Å². The van der Waals surface area contributed by atoms with Crippen molar-refractivity contribution in [1.29, 1.82) is 0 Å². The summed E-state index contributed by atoms with van der Waals surface area (Å²) in [6.45, 7) is 2.62. The zero-order valence-corrected chi connectivity index (χ0v) is 10.2. The first-order valence-electron chi connectivity index (χ1n) is 6.28. The maximum absolute atomic E-state index is 12.0. The molecule has 94 valence electrons. The van der Waals surface area contributed by atoms with Crippen LogP contribution in [0, 0.1) is 0 Å². The lowest BCUT2D eigenvalue weighted by Gasteiger charge is -2.26. The summed E-state index contributed by atoms with van der Waals surface area (Å²) in [7, 11) is 0. The molecule has 1 fully saturated rings. The highest BCUT2D eigenvalue weighted by Gasteiger charge is 2.19. The zero-order valence-electron chi connectivity index (χ0n) is 10.2. The highest BCUT2D eigenvalue weighted by atomic mass is 16.1. The summed E-state index contributed by atoms with van der Waals surface area (Å²) in [5.41, 5.74) is 5.82. The van der Waals surface area contributed by atoms with Gasteiger partial charge in [0.2, 0.25) is 0 Å². The second-order valence-electron chi connectivity index (χ2n) is 4.62. The minimum Gasteiger partial charge on any atom is -0.363 e. The Morgan fingerprint density at radius 3 is 2.82 bits per heavy atom. The summed E-state index contributed by atoms with van der Waals surface area (Å²) in [5, 5.41) is 3.24. The number of rotatable bonds is 3. The van der Waals surface area contributed by atoms with E-state index in [4.69, 9.17) is 5.73 Å². The molecule has 1 aliphatic carbocycles. The van der Waals surface area contributed by atoms with Crippen LogP contribution in [0.1, 0.15) is 32.6 Å². The summed E-state index contributed by atoms with van der Waals surface area (Å²) in [5.74, 6) is 0.467. The van der Waals surface area contributed by atoms with E-state index in [0.29, 0.717) is 24.4 Å². The van der Waals surface area contributed by atoms with Crippen molar-refractivity contribution in [2.75, 3.05) is 5.32 Å². The van der Waals surface area contributed by atoms with E-state index in [0.717, 1.165) is 25.7 Å². The standard InChI is InChI=1S/C12H20N4O/c1-2-16-8-7-14-11(12(16)17)15-10-5-3-9(13)4-6-10/h7-10H,2-6,13H2,1H3,(H,14,15). The van der Waals surface area contributed by atoms with Crippen LogP contribution >= 0.6 is 0 Å². The normalized spacial score (nSPS) is 24.6. The van der Waals surface area contributed by atoms with Crippen LogP contribution in [0.5, 0.6) is 0 Å². The quantitative estimate of drug-likeness (QED) is 0.819. The molecule has 5 nitrogen and oxygen atoms in total. The maximum atomic E-state index is 12.0. The molecule has 1 heterocycles. The monoisotopic (exact) mass is 236 g/mol. The SMILES string of the molecule is CCn1ccnc(NC2CCC(N)CC2)c1=O. The van der Waals surface area contributed by atoms with Crippen LogP contribution in [-0.2, 0) is 6.54 Å². The molecular weight excluding hydrogens is 216 g/mol. The molecule has 1 aromatic heterocycles.